The van der Waals surface area contributed by atoms with Crippen molar-refractivity contribution in [3.63, 3.8) is 0 Å². The zero-order valence-electron chi connectivity index (χ0n) is 12.5. The van der Waals surface area contributed by atoms with E-state index in [0.717, 1.165) is 18.9 Å². The second kappa shape index (κ2) is 7.01. The first-order chi connectivity index (χ1) is 9.18. The molecule has 5 heteroatoms. The van der Waals surface area contributed by atoms with E-state index in [1.165, 1.54) is 32.4 Å². The van der Waals surface area contributed by atoms with Crippen molar-refractivity contribution in [1.82, 2.24) is 25.0 Å². The second-order valence-corrected chi connectivity index (χ2v) is 5.79. The van der Waals surface area contributed by atoms with Gasteiger partial charge in [0.25, 0.3) is 0 Å². The zero-order chi connectivity index (χ0) is 13.7. The molecule has 5 nitrogen and oxygen atoms in total. The highest BCUT2D eigenvalue weighted by molar-refractivity contribution is 4.86. The van der Waals surface area contributed by atoms with E-state index in [2.05, 4.69) is 41.1 Å². The smallest absolute Gasteiger partial charge is 0.141 e. The molecule has 1 unspecified atom stereocenters. The molecule has 1 fully saturated rings. The lowest BCUT2D eigenvalue weighted by atomic mass is 10.1. The van der Waals surface area contributed by atoms with Crippen molar-refractivity contribution in [2.75, 3.05) is 19.6 Å². The van der Waals surface area contributed by atoms with Crippen LogP contribution in [0, 0.1) is 0 Å². The first-order valence-electron chi connectivity index (χ1n) is 7.51. The predicted molar refractivity (Wildman–Crippen MR) is 77.0 cm³/mol. The Morgan fingerprint density at radius 2 is 1.95 bits per heavy atom. The number of hydrogen-bond donors (Lipinski definition) is 1. The van der Waals surface area contributed by atoms with Gasteiger partial charge in [-0.1, -0.05) is 6.42 Å². The van der Waals surface area contributed by atoms with E-state index in [1.54, 1.807) is 6.33 Å². The van der Waals surface area contributed by atoms with E-state index in [-0.39, 0.29) is 0 Å². The van der Waals surface area contributed by atoms with Crippen LogP contribution >= 0.6 is 0 Å². The van der Waals surface area contributed by atoms with E-state index in [9.17, 15) is 0 Å². The predicted octanol–water partition coefficient (Wildman–Crippen LogP) is 1.82. The van der Waals surface area contributed by atoms with Crippen LogP contribution in [0.2, 0.25) is 0 Å². The summed E-state index contributed by atoms with van der Waals surface area (Å²) in [5.74, 6) is 1.03. The van der Waals surface area contributed by atoms with Crippen LogP contribution in [0.4, 0.5) is 0 Å². The van der Waals surface area contributed by atoms with Crippen molar-refractivity contribution in [1.29, 1.82) is 0 Å². The lowest BCUT2D eigenvalue weighted by molar-refractivity contribution is 0.170. The van der Waals surface area contributed by atoms with Crippen LogP contribution in [0.1, 0.15) is 51.9 Å². The van der Waals surface area contributed by atoms with Crippen molar-refractivity contribution in [3.05, 3.63) is 12.2 Å². The standard InChI is InChI=1S/C14H27N5/c1-12(2)19-14(16-11-17-19)10-15-9-13(3)18-7-5-4-6-8-18/h11-13,15H,4-10H2,1-3H3. The summed E-state index contributed by atoms with van der Waals surface area (Å²) in [4.78, 5) is 6.91. The van der Waals surface area contributed by atoms with Gasteiger partial charge in [-0.3, -0.25) is 4.90 Å². The molecular weight excluding hydrogens is 238 g/mol. The first-order valence-corrected chi connectivity index (χ1v) is 7.51. The first kappa shape index (κ1) is 14.5. The summed E-state index contributed by atoms with van der Waals surface area (Å²) in [5, 5.41) is 7.77. The Bertz CT molecular complexity index is 368. The normalized spacial score (nSPS) is 18.9. The van der Waals surface area contributed by atoms with Crippen molar-refractivity contribution >= 4 is 0 Å². The fourth-order valence-corrected chi connectivity index (χ4v) is 2.71. The molecule has 0 bridgehead atoms. The van der Waals surface area contributed by atoms with Gasteiger partial charge in [-0.2, -0.15) is 5.10 Å². The monoisotopic (exact) mass is 265 g/mol. The summed E-state index contributed by atoms with van der Waals surface area (Å²) < 4.78 is 1.98. The van der Waals surface area contributed by atoms with Gasteiger partial charge < -0.3 is 5.32 Å². The molecule has 2 rings (SSSR count). The molecule has 1 saturated heterocycles. The molecule has 2 heterocycles. The molecule has 1 N–H and O–H groups in total. The minimum absolute atomic E-state index is 0.374. The highest BCUT2D eigenvalue weighted by atomic mass is 15.4. The van der Waals surface area contributed by atoms with Crippen LogP contribution in [0.15, 0.2) is 6.33 Å². The minimum atomic E-state index is 0.374. The Hall–Kier alpha value is -0.940. The summed E-state index contributed by atoms with van der Waals surface area (Å²) in [6.45, 7) is 10.9. The number of aromatic nitrogens is 3. The Kier molecular flexibility index (Phi) is 5.34. The molecule has 1 atom stereocenters. The van der Waals surface area contributed by atoms with Gasteiger partial charge in [0, 0.05) is 18.6 Å². The number of piperidine rings is 1. The third kappa shape index (κ3) is 4.01. The number of nitrogens with zero attached hydrogens (tertiary/aromatic N) is 4. The largest absolute Gasteiger partial charge is 0.308 e. The van der Waals surface area contributed by atoms with Crippen molar-refractivity contribution in [3.8, 4) is 0 Å². The lowest BCUT2D eigenvalue weighted by Crippen LogP contribution is -2.43. The van der Waals surface area contributed by atoms with E-state index in [0.29, 0.717) is 12.1 Å². The van der Waals surface area contributed by atoms with Gasteiger partial charge in [0.1, 0.15) is 12.2 Å². The van der Waals surface area contributed by atoms with Crippen molar-refractivity contribution < 1.29 is 0 Å². The fourth-order valence-electron chi connectivity index (χ4n) is 2.71. The summed E-state index contributed by atoms with van der Waals surface area (Å²) >= 11 is 0. The number of nitrogens with one attached hydrogen (secondary N) is 1. The summed E-state index contributed by atoms with van der Waals surface area (Å²) in [5.41, 5.74) is 0. The number of rotatable bonds is 6. The van der Waals surface area contributed by atoms with Gasteiger partial charge in [-0.15, -0.1) is 0 Å². The minimum Gasteiger partial charge on any atom is -0.308 e. The van der Waals surface area contributed by atoms with Crippen LogP contribution in [0.5, 0.6) is 0 Å². The van der Waals surface area contributed by atoms with Crippen LogP contribution in [-0.2, 0) is 6.54 Å². The Morgan fingerprint density at radius 1 is 1.21 bits per heavy atom. The third-order valence-electron chi connectivity index (χ3n) is 3.87. The summed E-state index contributed by atoms with van der Waals surface area (Å²) in [6, 6.07) is 0.981. The third-order valence-corrected chi connectivity index (χ3v) is 3.87. The molecule has 0 aliphatic carbocycles. The molecule has 1 aromatic heterocycles. The summed E-state index contributed by atoms with van der Waals surface area (Å²) in [7, 11) is 0. The SMILES string of the molecule is CC(CNCc1ncnn1C(C)C)N1CCCCC1. The fraction of sp³-hybridized carbons (Fsp3) is 0.857. The Morgan fingerprint density at radius 3 is 2.63 bits per heavy atom. The van der Waals surface area contributed by atoms with E-state index < -0.39 is 0 Å². The van der Waals surface area contributed by atoms with Crippen molar-refractivity contribution in [2.45, 2.75) is 58.7 Å². The molecule has 1 aliphatic rings. The van der Waals surface area contributed by atoms with Gasteiger partial charge in [0.2, 0.25) is 0 Å². The van der Waals surface area contributed by atoms with E-state index in [1.807, 2.05) is 4.68 Å². The molecule has 0 aromatic carbocycles. The highest BCUT2D eigenvalue weighted by Gasteiger charge is 2.16. The molecule has 0 radical (unpaired) electrons. The summed E-state index contributed by atoms with van der Waals surface area (Å²) in [6.07, 6.45) is 5.75. The zero-order valence-corrected chi connectivity index (χ0v) is 12.5. The molecule has 1 aliphatic heterocycles. The topological polar surface area (TPSA) is 46.0 Å². The molecule has 19 heavy (non-hydrogen) atoms. The quantitative estimate of drug-likeness (QED) is 0.852. The van der Waals surface area contributed by atoms with Crippen LogP contribution in [0.3, 0.4) is 0 Å². The van der Waals surface area contributed by atoms with Crippen LogP contribution in [-0.4, -0.2) is 45.3 Å². The molecule has 108 valence electrons. The maximum Gasteiger partial charge on any atom is 0.141 e. The Labute approximate surface area is 116 Å². The van der Waals surface area contributed by atoms with Gasteiger partial charge >= 0.3 is 0 Å². The second-order valence-electron chi connectivity index (χ2n) is 5.79. The Balaban J connectivity index is 1.74. The van der Waals surface area contributed by atoms with Gasteiger partial charge in [0.15, 0.2) is 0 Å². The number of likely N-dealkylation sites (tertiary alicyclic amines) is 1. The lowest BCUT2D eigenvalue weighted by Gasteiger charge is -2.32. The average molecular weight is 265 g/mol. The average Bonchev–Trinajstić information content (AvgIpc) is 2.88. The molecule has 0 saturated carbocycles. The molecular formula is C14H27N5. The van der Waals surface area contributed by atoms with Crippen LogP contribution < -0.4 is 5.32 Å². The van der Waals surface area contributed by atoms with E-state index in [4.69, 9.17) is 0 Å². The van der Waals surface area contributed by atoms with Gasteiger partial charge in [0.05, 0.1) is 6.54 Å². The van der Waals surface area contributed by atoms with Crippen molar-refractivity contribution in [2.24, 2.45) is 0 Å². The van der Waals surface area contributed by atoms with Crippen LogP contribution in [0.25, 0.3) is 0 Å². The van der Waals surface area contributed by atoms with E-state index >= 15 is 0 Å². The van der Waals surface area contributed by atoms with Gasteiger partial charge in [-0.25, -0.2) is 9.67 Å². The molecule has 0 amide bonds. The number of hydrogen-bond acceptors (Lipinski definition) is 4. The molecule has 0 spiro atoms. The maximum atomic E-state index is 4.32. The molecule has 1 aromatic rings. The highest BCUT2D eigenvalue weighted by Crippen LogP contribution is 2.11. The van der Waals surface area contributed by atoms with Gasteiger partial charge in [-0.05, 0) is 46.7 Å². The maximum absolute atomic E-state index is 4.32.